The number of hydrogen-bond donors (Lipinski definition) is 1. The number of ether oxygens (including phenoxy) is 1. The van der Waals surface area contributed by atoms with Crippen LogP contribution in [-0.2, 0) is 12.0 Å². The SMILES string of the molecule is Cc1nc([C@]2(O)CCCN(c3cnccn3)CC2)sc1CCOc1ccc(Cl)cc1. The molecule has 3 aromatic rings. The number of nitrogens with zero attached hydrogens (tertiary/aromatic N) is 4. The van der Waals surface area contributed by atoms with Crippen molar-refractivity contribution in [2.24, 2.45) is 0 Å². The Balaban J connectivity index is 1.39. The summed E-state index contributed by atoms with van der Waals surface area (Å²) in [5, 5.41) is 12.9. The van der Waals surface area contributed by atoms with Gasteiger partial charge in [-0.1, -0.05) is 11.6 Å². The standard InChI is InChI=1S/C22H25ClN4O2S/c1-16-19(7-14-29-18-5-3-17(23)4-6-18)30-21(26-16)22(28)8-2-12-27(13-9-22)20-15-24-10-11-25-20/h3-6,10-11,15,28H,2,7-9,12-14H2,1H3/t22-/m0/s1. The van der Waals surface area contributed by atoms with E-state index in [4.69, 9.17) is 21.3 Å². The number of aryl methyl sites for hydroxylation is 1. The van der Waals surface area contributed by atoms with Crippen molar-refractivity contribution in [2.75, 3.05) is 24.6 Å². The van der Waals surface area contributed by atoms with Crippen LogP contribution in [0.15, 0.2) is 42.9 Å². The molecule has 0 amide bonds. The zero-order valence-corrected chi connectivity index (χ0v) is 18.5. The third kappa shape index (κ3) is 4.91. The second-order valence-corrected chi connectivity index (χ2v) is 9.04. The Labute approximate surface area is 185 Å². The number of hydrogen-bond acceptors (Lipinski definition) is 7. The summed E-state index contributed by atoms with van der Waals surface area (Å²) in [6, 6.07) is 7.37. The smallest absolute Gasteiger partial charge is 0.147 e. The first-order chi connectivity index (χ1) is 14.5. The van der Waals surface area contributed by atoms with E-state index in [0.717, 1.165) is 53.1 Å². The van der Waals surface area contributed by atoms with Crippen LogP contribution in [0.1, 0.15) is 34.8 Å². The monoisotopic (exact) mass is 444 g/mol. The molecular weight excluding hydrogens is 420 g/mol. The second-order valence-electron chi connectivity index (χ2n) is 7.52. The van der Waals surface area contributed by atoms with E-state index in [1.165, 1.54) is 0 Å². The fourth-order valence-corrected chi connectivity index (χ4v) is 4.98. The summed E-state index contributed by atoms with van der Waals surface area (Å²) in [6.07, 6.45) is 8.10. The average molecular weight is 445 g/mol. The zero-order valence-electron chi connectivity index (χ0n) is 16.9. The van der Waals surface area contributed by atoms with E-state index in [9.17, 15) is 5.11 Å². The minimum atomic E-state index is -0.901. The van der Waals surface area contributed by atoms with E-state index in [2.05, 4.69) is 14.9 Å². The first-order valence-corrected chi connectivity index (χ1v) is 11.3. The number of anilines is 1. The van der Waals surface area contributed by atoms with Crippen molar-refractivity contribution in [3.05, 3.63) is 63.5 Å². The van der Waals surface area contributed by atoms with Crippen molar-refractivity contribution in [3.63, 3.8) is 0 Å². The van der Waals surface area contributed by atoms with Crippen LogP contribution in [0.2, 0.25) is 5.02 Å². The minimum Gasteiger partial charge on any atom is -0.493 e. The Hall–Kier alpha value is -2.22. The number of benzene rings is 1. The highest BCUT2D eigenvalue weighted by Crippen LogP contribution is 2.37. The highest BCUT2D eigenvalue weighted by molar-refractivity contribution is 7.11. The van der Waals surface area contributed by atoms with E-state index in [1.807, 2.05) is 31.2 Å². The van der Waals surface area contributed by atoms with E-state index in [-0.39, 0.29) is 0 Å². The molecule has 4 rings (SSSR count). The van der Waals surface area contributed by atoms with Gasteiger partial charge in [-0.05, 0) is 44.0 Å². The van der Waals surface area contributed by atoms with Crippen LogP contribution in [-0.4, -0.2) is 39.8 Å². The lowest BCUT2D eigenvalue weighted by Gasteiger charge is -2.25. The number of thiazole rings is 1. The van der Waals surface area contributed by atoms with Gasteiger partial charge < -0.3 is 14.7 Å². The van der Waals surface area contributed by atoms with Crippen molar-refractivity contribution < 1.29 is 9.84 Å². The Bertz CT molecular complexity index is 967. The quantitative estimate of drug-likeness (QED) is 0.607. The predicted octanol–water partition coefficient (Wildman–Crippen LogP) is 4.39. The molecule has 1 fully saturated rings. The summed E-state index contributed by atoms with van der Waals surface area (Å²) >= 11 is 7.51. The molecule has 0 aliphatic carbocycles. The maximum absolute atomic E-state index is 11.4. The topological polar surface area (TPSA) is 71.4 Å². The molecule has 0 spiro atoms. The summed E-state index contributed by atoms with van der Waals surface area (Å²) in [5.41, 5.74) is 0.0694. The lowest BCUT2D eigenvalue weighted by molar-refractivity contribution is 0.0241. The normalized spacial score (nSPS) is 19.5. The van der Waals surface area contributed by atoms with E-state index < -0.39 is 5.60 Å². The van der Waals surface area contributed by atoms with E-state index in [1.54, 1.807) is 29.9 Å². The van der Waals surface area contributed by atoms with Gasteiger partial charge in [0.2, 0.25) is 0 Å². The van der Waals surface area contributed by atoms with Gasteiger partial charge in [-0.25, -0.2) is 9.97 Å². The Kier molecular flexibility index (Phi) is 6.51. The highest BCUT2D eigenvalue weighted by Gasteiger charge is 2.35. The van der Waals surface area contributed by atoms with Gasteiger partial charge in [0, 0.05) is 48.2 Å². The van der Waals surface area contributed by atoms with Gasteiger partial charge in [0.1, 0.15) is 22.2 Å². The highest BCUT2D eigenvalue weighted by atomic mass is 35.5. The minimum absolute atomic E-state index is 0.559. The maximum atomic E-state index is 11.4. The van der Waals surface area contributed by atoms with Gasteiger partial charge >= 0.3 is 0 Å². The zero-order chi connectivity index (χ0) is 21.0. The van der Waals surface area contributed by atoms with E-state index >= 15 is 0 Å². The summed E-state index contributed by atoms with van der Waals surface area (Å²) in [5.74, 6) is 1.66. The van der Waals surface area contributed by atoms with Gasteiger partial charge in [0.15, 0.2) is 0 Å². The molecule has 1 N–H and O–H groups in total. The lowest BCUT2D eigenvalue weighted by Crippen LogP contribution is -2.29. The fourth-order valence-electron chi connectivity index (χ4n) is 3.67. The molecule has 158 valence electrons. The molecule has 0 radical (unpaired) electrons. The van der Waals surface area contributed by atoms with Gasteiger partial charge in [0.05, 0.1) is 18.5 Å². The van der Waals surface area contributed by atoms with Crippen LogP contribution in [0.5, 0.6) is 5.75 Å². The largest absolute Gasteiger partial charge is 0.493 e. The molecule has 6 nitrogen and oxygen atoms in total. The van der Waals surface area contributed by atoms with Crippen molar-refractivity contribution in [2.45, 2.75) is 38.2 Å². The van der Waals surface area contributed by atoms with Crippen molar-refractivity contribution in [3.8, 4) is 5.75 Å². The van der Waals surface area contributed by atoms with Gasteiger partial charge in [-0.3, -0.25) is 4.98 Å². The van der Waals surface area contributed by atoms with Crippen LogP contribution in [0, 0.1) is 6.92 Å². The van der Waals surface area contributed by atoms with Crippen molar-refractivity contribution in [1.29, 1.82) is 0 Å². The second kappa shape index (κ2) is 9.29. The number of halogens is 1. The summed E-state index contributed by atoms with van der Waals surface area (Å²) in [6.45, 7) is 4.14. The van der Waals surface area contributed by atoms with Gasteiger partial charge in [-0.2, -0.15) is 0 Å². The van der Waals surface area contributed by atoms with Crippen molar-refractivity contribution >= 4 is 28.8 Å². The fraction of sp³-hybridized carbons (Fsp3) is 0.409. The molecular formula is C22H25ClN4O2S. The molecule has 8 heteroatoms. The summed E-state index contributed by atoms with van der Waals surface area (Å²) < 4.78 is 5.82. The number of aliphatic hydroxyl groups is 1. The first-order valence-electron chi connectivity index (χ1n) is 10.1. The summed E-state index contributed by atoms with van der Waals surface area (Å²) in [4.78, 5) is 16.6. The van der Waals surface area contributed by atoms with Crippen LogP contribution in [0.3, 0.4) is 0 Å². The van der Waals surface area contributed by atoms with E-state index in [0.29, 0.717) is 24.5 Å². The molecule has 0 unspecified atom stereocenters. The first kappa shape index (κ1) is 21.0. The Morgan fingerprint density at radius 3 is 2.80 bits per heavy atom. The number of rotatable bonds is 6. The molecule has 1 aliphatic rings. The van der Waals surface area contributed by atoms with Gasteiger partial charge in [-0.15, -0.1) is 11.3 Å². The van der Waals surface area contributed by atoms with Gasteiger partial charge in [0.25, 0.3) is 0 Å². The summed E-state index contributed by atoms with van der Waals surface area (Å²) in [7, 11) is 0. The molecule has 2 aromatic heterocycles. The predicted molar refractivity (Wildman–Crippen MR) is 119 cm³/mol. The lowest BCUT2D eigenvalue weighted by atomic mass is 9.96. The molecule has 30 heavy (non-hydrogen) atoms. The third-order valence-corrected chi connectivity index (χ3v) is 7.05. The molecule has 0 saturated carbocycles. The Morgan fingerprint density at radius 1 is 1.20 bits per heavy atom. The maximum Gasteiger partial charge on any atom is 0.147 e. The average Bonchev–Trinajstić information content (AvgIpc) is 3.01. The van der Waals surface area contributed by atoms with Crippen LogP contribution in [0.4, 0.5) is 5.82 Å². The van der Waals surface area contributed by atoms with Crippen LogP contribution < -0.4 is 9.64 Å². The van der Waals surface area contributed by atoms with Crippen LogP contribution in [0.25, 0.3) is 0 Å². The van der Waals surface area contributed by atoms with Crippen LogP contribution >= 0.6 is 22.9 Å². The molecule has 3 heterocycles. The molecule has 0 bridgehead atoms. The third-order valence-electron chi connectivity index (χ3n) is 5.39. The molecule has 1 aromatic carbocycles. The Morgan fingerprint density at radius 2 is 2.03 bits per heavy atom. The molecule has 1 atom stereocenters. The number of aromatic nitrogens is 3. The van der Waals surface area contributed by atoms with Crippen molar-refractivity contribution in [1.82, 2.24) is 15.0 Å². The molecule has 1 aliphatic heterocycles. The molecule has 1 saturated heterocycles.